The molecule has 11 heavy (non-hydrogen) atoms. The molecule has 1 rings (SSSR count). The number of rotatable bonds is 2. The minimum absolute atomic E-state index is 0.346. The van der Waals surface area contributed by atoms with E-state index in [0.717, 1.165) is 0 Å². The van der Waals surface area contributed by atoms with Crippen LogP contribution in [0.25, 0.3) is 0 Å². The number of alkyl halides is 1. The highest BCUT2D eigenvalue weighted by atomic mass is 19.1. The molecule has 0 aromatic heterocycles. The SMILES string of the molecule is O=C(O)C(F)C1CCOCC1. The molecule has 1 unspecified atom stereocenters. The number of hydrogen-bond donors (Lipinski definition) is 1. The lowest BCUT2D eigenvalue weighted by atomic mass is 9.95. The zero-order chi connectivity index (χ0) is 8.27. The van der Waals surface area contributed by atoms with Gasteiger partial charge in [-0.05, 0) is 12.8 Å². The molecular weight excluding hydrogens is 151 g/mol. The zero-order valence-corrected chi connectivity index (χ0v) is 6.12. The largest absolute Gasteiger partial charge is 0.479 e. The van der Waals surface area contributed by atoms with E-state index >= 15 is 0 Å². The first-order chi connectivity index (χ1) is 5.22. The lowest BCUT2D eigenvalue weighted by Gasteiger charge is -2.22. The van der Waals surface area contributed by atoms with E-state index in [1.54, 1.807) is 0 Å². The second-order valence-corrected chi connectivity index (χ2v) is 2.69. The molecule has 4 heteroatoms. The second-order valence-electron chi connectivity index (χ2n) is 2.69. The van der Waals surface area contributed by atoms with Crippen LogP contribution < -0.4 is 0 Å². The Morgan fingerprint density at radius 2 is 2.09 bits per heavy atom. The maximum Gasteiger partial charge on any atom is 0.338 e. The lowest BCUT2D eigenvalue weighted by molar-refractivity contribution is -0.146. The third-order valence-corrected chi connectivity index (χ3v) is 1.92. The van der Waals surface area contributed by atoms with Gasteiger partial charge in [0.2, 0.25) is 0 Å². The summed E-state index contributed by atoms with van der Waals surface area (Å²) in [6.45, 7) is 0.969. The maximum absolute atomic E-state index is 12.8. The van der Waals surface area contributed by atoms with Crippen molar-refractivity contribution in [3.63, 3.8) is 0 Å². The molecule has 1 fully saturated rings. The molecule has 0 spiro atoms. The Kier molecular flexibility index (Phi) is 2.82. The van der Waals surface area contributed by atoms with E-state index in [9.17, 15) is 9.18 Å². The highest BCUT2D eigenvalue weighted by Crippen LogP contribution is 2.20. The third kappa shape index (κ3) is 2.15. The summed E-state index contributed by atoms with van der Waals surface area (Å²) in [7, 11) is 0. The van der Waals surface area contributed by atoms with E-state index in [1.807, 2.05) is 0 Å². The minimum Gasteiger partial charge on any atom is -0.479 e. The normalized spacial score (nSPS) is 23.0. The van der Waals surface area contributed by atoms with E-state index in [1.165, 1.54) is 0 Å². The quantitative estimate of drug-likeness (QED) is 0.654. The molecule has 0 amide bonds. The van der Waals surface area contributed by atoms with Crippen LogP contribution >= 0.6 is 0 Å². The van der Waals surface area contributed by atoms with Crippen LogP contribution in [0.5, 0.6) is 0 Å². The number of carbonyl (C=O) groups is 1. The molecule has 0 aromatic carbocycles. The van der Waals surface area contributed by atoms with Gasteiger partial charge in [0, 0.05) is 19.1 Å². The van der Waals surface area contributed by atoms with E-state index in [4.69, 9.17) is 9.84 Å². The van der Waals surface area contributed by atoms with Gasteiger partial charge in [0.15, 0.2) is 6.17 Å². The summed E-state index contributed by atoms with van der Waals surface area (Å²) in [4.78, 5) is 10.2. The smallest absolute Gasteiger partial charge is 0.338 e. The van der Waals surface area contributed by atoms with Crippen molar-refractivity contribution in [2.75, 3.05) is 13.2 Å². The standard InChI is InChI=1S/C7H11FO3/c8-6(7(9)10)5-1-3-11-4-2-5/h5-6H,1-4H2,(H,9,10). The first-order valence-electron chi connectivity index (χ1n) is 3.66. The van der Waals surface area contributed by atoms with Gasteiger partial charge in [0.05, 0.1) is 0 Å². The van der Waals surface area contributed by atoms with Crippen molar-refractivity contribution in [1.82, 2.24) is 0 Å². The highest BCUT2D eigenvalue weighted by molar-refractivity contribution is 5.72. The summed E-state index contributed by atoms with van der Waals surface area (Å²) in [6, 6.07) is 0. The van der Waals surface area contributed by atoms with Gasteiger partial charge < -0.3 is 9.84 Å². The van der Waals surface area contributed by atoms with Crippen LogP contribution in [0.3, 0.4) is 0 Å². The molecule has 1 N–H and O–H groups in total. The van der Waals surface area contributed by atoms with Gasteiger partial charge in [-0.2, -0.15) is 0 Å². The van der Waals surface area contributed by atoms with Crippen LogP contribution in [-0.2, 0) is 9.53 Å². The summed E-state index contributed by atoms with van der Waals surface area (Å²) >= 11 is 0. The molecule has 0 radical (unpaired) electrons. The molecule has 3 nitrogen and oxygen atoms in total. The van der Waals surface area contributed by atoms with Crippen LogP contribution in [0.1, 0.15) is 12.8 Å². The van der Waals surface area contributed by atoms with Crippen molar-refractivity contribution in [2.45, 2.75) is 19.0 Å². The topological polar surface area (TPSA) is 46.5 Å². The van der Waals surface area contributed by atoms with Crippen molar-refractivity contribution in [3.05, 3.63) is 0 Å². The Bertz CT molecular complexity index is 143. The molecule has 1 heterocycles. The van der Waals surface area contributed by atoms with Gasteiger partial charge >= 0.3 is 5.97 Å². The Morgan fingerprint density at radius 1 is 1.55 bits per heavy atom. The Morgan fingerprint density at radius 3 is 2.55 bits per heavy atom. The first-order valence-corrected chi connectivity index (χ1v) is 3.66. The van der Waals surface area contributed by atoms with Crippen LogP contribution in [0.2, 0.25) is 0 Å². The highest BCUT2D eigenvalue weighted by Gasteiger charge is 2.28. The van der Waals surface area contributed by atoms with Gasteiger partial charge in [-0.25, -0.2) is 9.18 Å². The molecule has 0 saturated carbocycles. The molecule has 1 aliphatic rings. The zero-order valence-electron chi connectivity index (χ0n) is 6.12. The fourth-order valence-electron chi connectivity index (χ4n) is 1.21. The number of halogens is 1. The van der Waals surface area contributed by atoms with Crippen molar-refractivity contribution >= 4 is 5.97 Å². The van der Waals surface area contributed by atoms with Gasteiger partial charge in [-0.3, -0.25) is 0 Å². The van der Waals surface area contributed by atoms with Crippen LogP contribution in [-0.4, -0.2) is 30.5 Å². The van der Waals surface area contributed by atoms with E-state index in [-0.39, 0.29) is 5.92 Å². The third-order valence-electron chi connectivity index (χ3n) is 1.92. The minimum atomic E-state index is -1.71. The number of ether oxygens (including phenoxy) is 1. The average molecular weight is 162 g/mol. The lowest BCUT2D eigenvalue weighted by Crippen LogP contribution is -2.30. The molecule has 1 aliphatic heterocycles. The Hall–Kier alpha value is -0.640. The molecule has 1 saturated heterocycles. The maximum atomic E-state index is 12.8. The molecule has 0 bridgehead atoms. The Labute approximate surface area is 64.2 Å². The van der Waals surface area contributed by atoms with Crippen LogP contribution in [0, 0.1) is 5.92 Å². The number of carboxylic acids is 1. The van der Waals surface area contributed by atoms with Crippen molar-refractivity contribution in [3.8, 4) is 0 Å². The summed E-state index contributed by atoms with van der Waals surface area (Å²) < 4.78 is 17.7. The molecule has 0 aliphatic carbocycles. The van der Waals surface area contributed by atoms with Crippen molar-refractivity contribution in [2.24, 2.45) is 5.92 Å². The fraction of sp³-hybridized carbons (Fsp3) is 0.857. The van der Waals surface area contributed by atoms with Gasteiger partial charge in [-0.1, -0.05) is 0 Å². The van der Waals surface area contributed by atoms with Gasteiger partial charge in [0.25, 0.3) is 0 Å². The van der Waals surface area contributed by atoms with E-state index < -0.39 is 12.1 Å². The van der Waals surface area contributed by atoms with Gasteiger partial charge in [0.1, 0.15) is 0 Å². The molecular formula is C7H11FO3. The van der Waals surface area contributed by atoms with Crippen molar-refractivity contribution in [1.29, 1.82) is 0 Å². The van der Waals surface area contributed by atoms with Crippen LogP contribution in [0.15, 0.2) is 0 Å². The van der Waals surface area contributed by atoms with Crippen molar-refractivity contribution < 1.29 is 19.0 Å². The summed E-state index contributed by atoms with van der Waals surface area (Å²) in [6.07, 6.45) is -0.667. The monoisotopic (exact) mass is 162 g/mol. The summed E-state index contributed by atoms with van der Waals surface area (Å²) in [5.74, 6) is -1.70. The summed E-state index contributed by atoms with van der Waals surface area (Å²) in [5.41, 5.74) is 0. The molecule has 1 atom stereocenters. The fourth-order valence-corrected chi connectivity index (χ4v) is 1.21. The second kappa shape index (κ2) is 3.67. The predicted octanol–water partition coefficient (Wildman–Crippen LogP) is 0.836. The number of aliphatic carboxylic acids is 1. The predicted molar refractivity (Wildman–Crippen MR) is 36.1 cm³/mol. The van der Waals surface area contributed by atoms with E-state index in [2.05, 4.69) is 0 Å². The number of hydrogen-bond acceptors (Lipinski definition) is 2. The first kappa shape index (κ1) is 8.46. The average Bonchev–Trinajstić information content (AvgIpc) is 2.05. The van der Waals surface area contributed by atoms with Crippen LogP contribution in [0.4, 0.5) is 4.39 Å². The van der Waals surface area contributed by atoms with E-state index in [0.29, 0.717) is 26.1 Å². The Balaban J connectivity index is 2.38. The molecule has 64 valence electrons. The molecule has 0 aromatic rings. The number of carboxylic acid groups (broad SMARTS) is 1. The summed E-state index contributed by atoms with van der Waals surface area (Å²) in [5, 5.41) is 8.32. The van der Waals surface area contributed by atoms with Gasteiger partial charge in [-0.15, -0.1) is 0 Å².